The zero-order valence-electron chi connectivity index (χ0n) is 15.7. The fraction of sp³-hybridized carbons (Fsp3) is 0.500. The van der Waals surface area contributed by atoms with Gasteiger partial charge in [0.1, 0.15) is 16.8 Å². The molecule has 8 nitrogen and oxygen atoms in total. The third kappa shape index (κ3) is 5.29. The van der Waals surface area contributed by atoms with Crippen molar-refractivity contribution >= 4 is 27.7 Å². The molecular formula is C18H25N3O5S. The molecular weight excluding hydrogens is 370 g/mol. The highest BCUT2D eigenvalue weighted by Gasteiger charge is 2.30. The summed E-state index contributed by atoms with van der Waals surface area (Å²) in [5, 5.41) is 11.7. The van der Waals surface area contributed by atoms with Gasteiger partial charge in [0.05, 0.1) is 0 Å². The number of nitrogens with zero attached hydrogens (tertiary/aromatic N) is 2. The van der Waals surface area contributed by atoms with Crippen molar-refractivity contribution in [3.05, 3.63) is 29.8 Å². The van der Waals surface area contributed by atoms with Crippen molar-refractivity contribution in [2.24, 2.45) is 10.3 Å². The summed E-state index contributed by atoms with van der Waals surface area (Å²) in [5.41, 5.74) is 0.548. The molecule has 0 aromatic heterocycles. The van der Waals surface area contributed by atoms with Crippen LogP contribution < -0.4 is 5.32 Å². The van der Waals surface area contributed by atoms with E-state index in [1.165, 1.54) is 6.07 Å². The van der Waals surface area contributed by atoms with E-state index in [-0.39, 0.29) is 23.1 Å². The molecule has 148 valence electrons. The van der Waals surface area contributed by atoms with Crippen LogP contribution in [0.1, 0.15) is 38.7 Å². The average molecular weight is 395 g/mol. The number of hydrogen-bond donors (Lipinski definition) is 2. The van der Waals surface area contributed by atoms with E-state index < -0.39 is 22.0 Å². The SMILES string of the molecule is CC(C)C[C@@H](NC(=O)CCCN(C)C1=NS(=O)(=O)c2ccccc21)C(=O)O. The number of nitrogens with one attached hydrogen (secondary N) is 1. The Morgan fingerprint density at radius 2 is 1.93 bits per heavy atom. The number of aliphatic carboxylic acids is 1. The fourth-order valence-corrected chi connectivity index (χ4v) is 4.16. The molecule has 1 aliphatic heterocycles. The summed E-state index contributed by atoms with van der Waals surface area (Å²) in [6, 6.07) is 5.72. The number of hydrogen-bond acceptors (Lipinski definition) is 5. The Morgan fingerprint density at radius 3 is 2.56 bits per heavy atom. The zero-order valence-corrected chi connectivity index (χ0v) is 16.5. The van der Waals surface area contributed by atoms with E-state index in [9.17, 15) is 23.1 Å². The number of carbonyl (C=O) groups excluding carboxylic acids is 1. The zero-order chi connectivity index (χ0) is 20.2. The highest BCUT2D eigenvalue weighted by molar-refractivity contribution is 7.90. The van der Waals surface area contributed by atoms with E-state index in [0.717, 1.165) is 0 Å². The highest BCUT2D eigenvalue weighted by Crippen LogP contribution is 2.26. The first-order chi connectivity index (χ1) is 12.6. The number of amidine groups is 1. The van der Waals surface area contributed by atoms with Gasteiger partial charge < -0.3 is 15.3 Å². The number of benzene rings is 1. The van der Waals surface area contributed by atoms with E-state index in [4.69, 9.17) is 0 Å². The second-order valence-electron chi connectivity index (χ2n) is 7.00. The Bertz CT molecular complexity index is 848. The molecule has 2 rings (SSSR count). The number of rotatable bonds is 8. The number of amides is 1. The number of sulfonamides is 1. The number of carboxylic acid groups (broad SMARTS) is 1. The molecule has 2 N–H and O–H groups in total. The van der Waals surface area contributed by atoms with Crippen molar-refractivity contribution in [3.63, 3.8) is 0 Å². The minimum atomic E-state index is -3.68. The quantitative estimate of drug-likeness (QED) is 0.688. The molecule has 0 saturated heterocycles. The third-order valence-corrected chi connectivity index (χ3v) is 5.54. The number of carboxylic acids is 1. The van der Waals surface area contributed by atoms with Crippen molar-refractivity contribution in [1.29, 1.82) is 0 Å². The highest BCUT2D eigenvalue weighted by atomic mass is 32.2. The van der Waals surface area contributed by atoms with E-state index >= 15 is 0 Å². The summed E-state index contributed by atoms with van der Waals surface area (Å²) in [6.07, 6.45) is 0.956. The topological polar surface area (TPSA) is 116 Å². The number of carbonyl (C=O) groups is 2. The maximum Gasteiger partial charge on any atom is 0.326 e. The predicted octanol–water partition coefficient (Wildman–Crippen LogP) is 1.46. The summed E-state index contributed by atoms with van der Waals surface area (Å²) >= 11 is 0. The molecule has 0 spiro atoms. The van der Waals surface area contributed by atoms with Crippen molar-refractivity contribution in [3.8, 4) is 0 Å². The smallest absolute Gasteiger partial charge is 0.326 e. The lowest BCUT2D eigenvalue weighted by Gasteiger charge is -2.19. The van der Waals surface area contributed by atoms with Gasteiger partial charge in [0.2, 0.25) is 5.91 Å². The van der Waals surface area contributed by atoms with Crippen LogP contribution in [0.5, 0.6) is 0 Å². The van der Waals surface area contributed by atoms with Crippen LogP contribution in [0.4, 0.5) is 0 Å². The summed E-state index contributed by atoms with van der Waals surface area (Å²) < 4.78 is 28.0. The van der Waals surface area contributed by atoms with Crippen LogP contribution in [0.2, 0.25) is 0 Å². The largest absolute Gasteiger partial charge is 0.480 e. The minimum absolute atomic E-state index is 0.147. The molecule has 0 saturated carbocycles. The van der Waals surface area contributed by atoms with E-state index in [1.54, 1.807) is 30.1 Å². The van der Waals surface area contributed by atoms with Gasteiger partial charge in [-0.1, -0.05) is 26.0 Å². The van der Waals surface area contributed by atoms with Crippen LogP contribution in [0.25, 0.3) is 0 Å². The lowest BCUT2D eigenvalue weighted by atomic mass is 10.0. The van der Waals surface area contributed by atoms with Gasteiger partial charge in [0.15, 0.2) is 0 Å². The molecule has 0 bridgehead atoms. The maximum absolute atomic E-state index is 12.1. The van der Waals surface area contributed by atoms with Gasteiger partial charge in [-0.2, -0.15) is 8.42 Å². The lowest BCUT2D eigenvalue weighted by Crippen LogP contribution is -2.41. The second-order valence-corrected chi connectivity index (χ2v) is 8.57. The van der Waals surface area contributed by atoms with Crippen LogP contribution in [-0.2, 0) is 19.6 Å². The van der Waals surface area contributed by atoms with Crippen LogP contribution >= 0.6 is 0 Å². The van der Waals surface area contributed by atoms with Gasteiger partial charge >= 0.3 is 5.97 Å². The Labute approximate surface area is 159 Å². The van der Waals surface area contributed by atoms with E-state index in [0.29, 0.717) is 30.8 Å². The van der Waals surface area contributed by atoms with Gasteiger partial charge in [0, 0.05) is 25.6 Å². The summed E-state index contributed by atoms with van der Waals surface area (Å²) in [4.78, 5) is 25.1. The summed E-state index contributed by atoms with van der Waals surface area (Å²) in [6.45, 7) is 4.20. The van der Waals surface area contributed by atoms with Gasteiger partial charge in [-0.05, 0) is 30.9 Å². The van der Waals surface area contributed by atoms with E-state index in [1.807, 2.05) is 13.8 Å². The lowest BCUT2D eigenvalue weighted by molar-refractivity contribution is -0.142. The van der Waals surface area contributed by atoms with Gasteiger partial charge in [-0.3, -0.25) is 4.79 Å². The molecule has 1 heterocycles. The molecule has 1 aliphatic rings. The maximum atomic E-state index is 12.1. The predicted molar refractivity (Wildman–Crippen MR) is 101 cm³/mol. The minimum Gasteiger partial charge on any atom is -0.480 e. The van der Waals surface area contributed by atoms with E-state index in [2.05, 4.69) is 9.71 Å². The molecule has 1 aromatic carbocycles. The Hall–Kier alpha value is -2.42. The standard InChI is InChI=1S/C18H25N3O5S/c1-12(2)11-14(18(23)24)19-16(22)9-6-10-21(3)17-13-7-4-5-8-15(13)27(25,26)20-17/h4-5,7-8,12,14H,6,9-11H2,1-3H3,(H,19,22)(H,23,24)/t14-/m1/s1. The Kier molecular flexibility index (Phi) is 6.59. The molecule has 27 heavy (non-hydrogen) atoms. The summed E-state index contributed by atoms with van der Waals surface area (Å²) in [7, 11) is -1.96. The normalized spacial score (nSPS) is 15.8. The van der Waals surface area contributed by atoms with Gasteiger partial charge in [-0.25, -0.2) is 4.79 Å². The van der Waals surface area contributed by atoms with Crippen molar-refractivity contribution in [1.82, 2.24) is 10.2 Å². The van der Waals surface area contributed by atoms with Crippen LogP contribution in [-0.4, -0.2) is 55.8 Å². The first-order valence-corrected chi connectivity index (χ1v) is 10.2. The monoisotopic (exact) mass is 395 g/mol. The van der Waals surface area contributed by atoms with Crippen LogP contribution in [0.15, 0.2) is 33.6 Å². The molecule has 0 unspecified atom stereocenters. The molecule has 1 aromatic rings. The second kappa shape index (κ2) is 8.51. The van der Waals surface area contributed by atoms with Gasteiger partial charge in [0.25, 0.3) is 10.0 Å². The molecule has 0 radical (unpaired) electrons. The molecule has 1 amide bonds. The average Bonchev–Trinajstić information content (AvgIpc) is 2.85. The van der Waals surface area contributed by atoms with Crippen molar-refractivity contribution in [2.45, 2.75) is 44.0 Å². The summed E-state index contributed by atoms with van der Waals surface area (Å²) in [5.74, 6) is -0.872. The van der Waals surface area contributed by atoms with Crippen LogP contribution in [0, 0.1) is 5.92 Å². The number of fused-ring (bicyclic) bond motifs is 1. The first kappa shape index (κ1) is 20.9. The Morgan fingerprint density at radius 1 is 1.26 bits per heavy atom. The molecule has 0 aliphatic carbocycles. The molecule has 1 atom stereocenters. The molecule has 0 fully saturated rings. The van der Waals surface area contributed by atoms with Crippen molar-refractivity contribution < 1.29 is 23.1 Å². The van der Waals surface area contributed by atoms with Crippen molar-refractivity contribution in [2.75, 3.05) is 13.6 Å². The molecule has 9 heteroatoms. The third-order valence-electron chi connectivity index (χ3n) is 4.21. The van der Waals surface area contributed by atoms with Gasteiger partial charge in [-0.15, -0.1) is 4.40 Å². The Balaban J connectivity index is 1.90. The first-order valence-electron chi connectivity index (χ1n) is 8.79. The fourth-order valence-electron chi connectivity index (χ4n) is 2.91. The van der Waals surface area contributed by atoms with Crippen LogP contribution in [0.3, 0.4) is 0 Å².